The first kappa shape index (κ1) is 11.5. The molecule has 0 bridgehead atoms. The van der Waals surface area contributed by atoms with Gasteiger partial charge in [-0.05, 0) is 36.8 Å². The van der Waals surface area contributed by atoms with E-state index in [0.717, 1.165) is 5.56 Å². The van der Waals surface area contributed by atoms with Gasteiger partial charge in [0.05, 0.1) is 0 Å². The van der Waals surface area contributed by atoms with E-state index in [2.05, 4.69) is 11.4 Å². The van der Waals surface area contributed by atoms with Crippen LogP contribution in [0.2, 0.25) is 0 Å². The molecular formula is C13H16ClNO. The van der Waals surface area contributed by atoms with Crippen molar-refractivity contribution in [1.29, 1.82) is 0 Å². The van der Waals surface area contributed by atoms with Crippen molar-refractivity contribution in [2.75, 3.05) is 6.54 Å². The third-order valence-electron chi connectivity index (χ3n) is 2.87. The molecule has 2 nitrogen and oxygen atoms in total. The molecule has 1 aliphatic carbocycles. The second-order valence-electron chi connectivity index (χ2n) is 4.16. The van der Waals surface area contributed by atoms with Gasteiger partial charge in [0.25, 0.3) is 0 Å². The van der Waals surface area contributed by atoms with Crippen LogP contribution in [0.1, 0.15) is 42.2 Å². The Labute approximate surface area is 101 Å². The average Bonchev–Trinajstić information content (AvgIpc) is 3.12. The molecule has 0 spiro atoms. The number of likely N-dealkylation sites (N-methyl/N-ethyl adjacent to an activating group) is 1. The zero-order chi connectivity index (χ0) is 11.5. The molecule has 2 rings (SSSR count). The Kier molecular flexibility index (Phi) is 3.49. The Bertz CT molecular complexity index is 387. The lowest BCUT2D eigenvalue weighted by atomic mass is 10.00. The molecule has 0 aromatic heterocycles. The Morgan fingerprint density at radius 3 is 2.81 bits per heavy atom. The molecule has 0 heterocycles. The minimum absolute atomic E-state index is 0.0998. The smallest absolute Gasteiger partial charge is 0.242 e. The monoisotopic (exact) mass is 237 g/mol. The van der Waals surface area contributed by atoms with Crippen LogP contribution < -0.4 is 5.32 Å². The molecule has 1 aromatic rings. The van der Waals surface area contributed by atoms with E-state index in [4.69, 9.17) is 11.6 Å². The standard InChI is InChI=1S/C13H16ClNO/c1-2-15-13(16)12(14)11-6-4-3-5-10(11)9-7-8-9/h3-6,9,12H,2,7-8H2,1H3,(H,15,16). The van der Waals surface area contributed by atoms with E-state index in [1.165, 1.54) is 18.4 Å². The summed E-state index contributed by atoms with van der Waals surface area (Å²) in [4.78, 5) is 11.7. The van der Waals surface area contributed by atoms with Crippen LogP contribution in [0.4, 0.5) is 0 Å². The largest absolute Gasteiger partial charge is 0.355 e. The fourth-order valence-electron chi connectivity index (χ4n) is 1.91. The maximum atomic E-state index is 11.7. The third kappa shape index (κ3) is 2.38. The number of carbonyl (C=O) groups excluding carboxylic acids is 1. The maximum Gasteiger partial charge on any atom is 0.242 e. The van der Waals surface area contributed by atoms with Gasteiger partial charge in [0.1, 0.15) is 5.38 Å². The third-order valence-corrected chi connectivity index (χ3v) is 3.30. The zero-order valence-corrected chi connectivity index (χ0v) is 10.1. The van der Waals surface area contributed by atoms with E-state index in [9.17, 15) is 4.79 Å². The topological polar surface area (TPSA) is 29.1 Å². The predicted octanol–water partition coefficient (Wildman–Crippen LogP) is 2.98. The van der Waals surface area contributed by atoms with E-state index < -0.39 is 5.38 Å². The van der Waals surface area contributed by atoms with E-state index in [-0.39, 0.29) is 5.91 Å². The second-order valence-corrected chi connectivity index (χ2v) is 4.60. The van der Waals surface area contributed by atoms with Gasteiger partial charge in [-0.15, -0.1) is 11.6 Å². The van der Waals surface area contributed by atoms with Crippen LogP contribution in [-0.4, -0.2) is 12.5 Å². The lowest BCUT2D eigenvalue weighted by molar-refractivity contribution is -0.120. The number of carbonyl (C=O) groups is 1. The molecule has 1 saturated carbocycles. The first-order valence-electron chi connectivity index (χ1n) is 5.74. The van der Waals surface area contributed by atoms with Gasteiger partial charge >= 0.3 is 0 Å². The molecule has 3 heteroatoms. The minimum Gasteiger partial charge on any atom is -0.355 e. The summed E-state index contributed by atoms with van der Waals surface area (Å²) in [5.74, 6) is 0.518. The van der Waals surface area contributed by atoms with Crippen molar-refractivity contribution >= 4 is 17.5 Å². The molecule has 86 valence electrons. The quantitative estimate of drug-likeness (QED) is 0.802. The van der Waals surface area contributed by atoms with Crippen LogP contribution in [-0.2, 0) is 4.79 Å². The van der Waals surface area contributed by atoms with Gasteiger partial charge in [-0.3, -0.25) is 4.79 Å². The lowest BCUT2D eigenvalue weighted by Crippen LogP contribution is -2.26. The van der Waals surface area contributed by atoms with Crippen molar-refractivity contribution in [2.45, 2.75) is 31.1 Å². The number of halogens is 1. The highest BCUT2D eigenvalue weighted by Gasteiger charge is 2.29. The van der Waals surface area contributed by atoms with Crippen LogP contribution in [0.25, 0.3) is 0 Å². The summed E-state index contributed by atoms with van der Waals surface area (Å²) in [5.41, 5.74) is 2.21. The molecule has 1 aliphatic rings. The van der Waals surface area contributed by atoms with Crippen molar-refractivity contribution in [1.82, 2.24) is 5.32 Å². The molecule has 0 aliphatic heterocycles. The van der Waals surface area contributed by atoms with Crippen LogP contribution in [0.5, 0.6) is 0 Å². The normalized spacial score (nSPS) is 16.9. The summed E-state index contributed by atoms with van der Waals surface area (Å²) in [5, 5.41) is 2.20. The van der Waals surface area contributed by atoms with Gasteiger partial charge in [-0.25, -0.2) is 0 Å². The molecule has 1 aromatic carbocycles. The van der Waals surface area contributed by atoms with Gasteiger partial charge in [0.2, 0.25) is 5.91 Å². The van der Waals surface area contributed by atoms with Crippen molar-refractivity contribution in [3.05, 3.63) is 35.4 Å². The predicted molar refractivity (Wildman–Crippen MR) is 65.7 cm³/mol. The number of amides is 1. The Hall–Kier alpha value is -1.02. The molecule has 0 radical (unpaired) electrons. The van der Waals surface area contributed by atoms with Gasteiger partial charge in [-0.2, -0.15) is 0 Å². The number of alkyl halides is 1. The minimum atomic E-state index is -0.559. The Morgan fingerprint density at radius 2 is 2.19 bits per heavy atom. The van der Waals surface area contributed by atoms with E-state index in [1.54, 1.807) is 0 Å². The number of nitrogens with one attached hydrogen (secondary N) is 1. The van der Waals surface area contributed by atoms with Crippen molar-refractivity contribution in [3.8, 4) is 0 Å². The Morgan fingerprint density at radius 1 is 1.50 bits per heavy atom. The highest BCUT2D eigenvalue weighted by molar-refractivity contribution is 6.30. The van der Waals surface area contributed by atoms with Crippen molar-refractivity contribution in [3.63, 3.8) is 0 Å². The fourth-order valence-corrected chi connectivity index (χ4v) is 2.19. The first-order valence-corrected chi connectivity index (χ1v) is 6.18. The van der Waals surface area contributed by atoms with Crippen LogP contribution in [0, 0.1) is 0 Å². The maximum absolute atomic E-state index is 11.7. The number of hydrogen-bond acceptors (Lipinski definition) is 1. The first-order chi connectivity index (χ1) is 7.74. The van der Waals surface area contributed by atoms with Gasteiger partial charge in [0.15, 0.2) is 0 Å². The molecule has 1 fully saturated rings. The highest BCUT2D eigenvalue weighted by atomic mass is 35.5. The summed E-state index contributed by atoms with van der Waals surface area (Å²) in [6.45, 7) is 2.52. The summed E-state index contributed by atoms with van der Waals surface area (Å²) in [7, 11) is 0. The fraction of sp³-hybridized carbons (Fsp3) is 0.462. The second kappa shape index (κ2) is 4.88. The molecular weight excluding hydrogens is 222 g/mol. The average molecular weight is 238 g/mol. The molecule has 0 saturated heterocycles. The van der Waals surface area contributed by atoms with Gasteiger partial charge < -0.3 is 5.32 Å². The van der Waals surface area contributed by atoms with E-state index >= 15 is 0 Å². The van der Waals surface area contributed by atoms with E-state index in [0.29, 0.717) is 12.5 Å². The van der Waals surface area contributed by atoms with Crippen LogP contribution >= 0.6 is 11.6 Å². The number of benzene rings is 1. The van der Waals surface area contributed by atoms with Crippen LogP contribution in [0.3, 0.4) is 0 Å². The summed E-state index contributed by atoms with van der Waals surface area (Å²) in [6.07, 6.45) is 2.44. The summed E-state index contributed by atoms with van der Waals surface area (Å²) >= 11 is 6.20. The number of hydrogen-bond donors (Lipinski definition) is 1. The van der Waals surface area contributed by atoms with Gasteiger partial charge in [-0.1, -0.05) is 24.3 Å². The summed E-state index contributed by atoms with van der Waals surface area (Å²) < 4.78 is 0. The van der Waals surface area contributed by atoms with E-state index in [1.807, 2.05) is 25.1 Å². The van der Waals surface area contributed by atoms with Gasteiger partial charge in [0, 0.05) is 6.54 Å². The highest BCUT2D eigenvalue weighted by Crippen LogP contribution is 2.43. The molecule has 1 unspecified atom stereocenters. The van der Waals surface area contributed by atoms with Crippen molar-refractivity contribution in [2.24, 2.45) is 0 Å². The lowest BCUT2D eigenvalue weighted by Gasteiger charge is -2.13. The molecule has 1 N–H and O–H groups in total. The summed E-state index contributed by atoms with van der Waals surface area (Å²) in [6, 6.07) is 8.00. The number of rotatable bonds is 4. The molecule has 16 heavy (non-hydrogen) atoms. The molecule has 1 amide bonds. The van der Waals surface area contributed by atoms with Crippen LogP contribution in [0.15, 0.2) is 24.3 Å². The van der Waals surface area contributed by atoms with Crippen molar-refractivity contribution < 1.29 is 4.79 Å². The zero-order valence-electron chi connectivity index (χ0n) is 9.37. The molecule has 1 atom stereocenters. The SMILES string of the molecule is CCNC(=O)C(Cl)c1ccccc1C1CC1. The Balaban J connectivity index is 2.21.